The first-order valence-electron chi connectivity index (χ1n) is 11.5. The molecule has 3 aromatic rings. The van der Waals surface area contributed by atoms with Crippen molar-refractivity contribution in [2.75, 3.05) is 26.9 Å². The molecule has 0 aliphatic carbocycles. The molecule has 0 radical (unpaired) electrons. The van der Waals surface area contributed by atoms with E-state index in [2.05, 4.69) is 14.7 Å². The number of benzene rings is 1. The van der Waals surface area contributed by atoms with E-state index in [4.69, 9.17) is 25.8 Å². The number of hydrogen-bond donors (Lipinski definition) is 2. The summed E-state index contributed by atoms with van der Waals surface area (Å²) in [4.78, 5) is 19.7. The number of hydrogen-bond acceptors (Lipinski definition) is 8. The van der Waals surface area contributed by atoms with Gasteiger partial charge in [-0.05, 0) is 30.3 Å². The Hall–Kier alpha value is -3.66. The molecule has 1 amide bonds. The number of alkyl halides is 3. The van der Waals surface area contributed by atoms with Crippen LogP contribution in [-0.4, -0.2) is 60.8 Å². The monoisotopic (exact) mass is 604 g/mol. The van der Waals surface area contributed by atoms with E-state index < -0.39 is 45.5 Å². The molecule has 2 N–H and O–H groups in total. The molecule has 0 aliphatic heterocycles. The van der Waals surface area contributed by atoms with Crippen LogP contribution in [0.2, 0.25) is 5.02 Å². The Balaban J connectivity index is 1.88. The zero-order valence-electron chi connectivity index (χ0n) is 20.9. The smallest absolute Gasteiger partial charge is 0.422 e. The predicted molar refractivity (Wildman–Crippen MR) is 137 cm³/mol. The van der Waals surface area contributed by atoms with E-state index in [-0.39, 0.29) is 47.5 Å². The van der Waals surface area contributed by atoms with Crippen molar-refractivity contribution in [3.05, 3.63) is 76.7 Å². The highest BCUT2D eigenvalue weighted by molar-refractivity contribution is 7.87. The summed E-state index contributed by atoms with van der Waals surface area (Å²) in [7, 11) is -3.09. The Morgan fingerprint density at radius 3 is 2.55 bits per heavy atom. The SMILES string of the molecule is COCCOc1ccc(CN(C(=O)O)S(=O)(=O)NCCc2ccccn2)c(Oc2ncc(C(F)(F)F)cc2Cl)c1. The number of nitrogens with zero attached hydrogens (tertiary/aromatic N) is 3. The van der Waals surface area contributed by atoms with E-state index in [1.807, 2.05) is 0 Å². The van der Waals surface area contributed by atoms with Gasteiger partial charge in [0.2, 0.25) is 5.88 Å². The number of ether oxygens (including phenoxy) is 3. The molecule has 1 aromatic carbocycles. The number of pyridine rings is 2. The molecule has 216 valence electrons. The van der Waals surface area contributed by atoms with Crippen molar-refractivity contribution in [3.63, 3.8) is 0 Å². The summed E-state index contributed by atoms with van der Waals surface area (Å²) < 4.78 is 83.2. The van der Waals surface area contributed by atoms with Crippen LogP contribution < -0.4 is 14.2 Å². The van der Waals surface area contributed by atoms with Crippen molar-refractivity contribution < 1.29 is 45.7 Å². The van der Waals surface area contributed by atoms with Crippen molar-refractivity contribution >= 4 is 27.9 Å². The lowest BCUT2D eigenvalue weighted by Gasteiger charge is -2.21. The van der Waals surface area contributed by atoms with Gasteiger partial charge in [-0.2, -0.15) is 30.6 Å². The minimum atomic E-state index is -4.70. The lowest BCUT2D eigenvalue weighted by Crippen LogP contribution is -2.44. The van der Waals surface area contributed by atoms with Crippen LogP contribution >= 0.6 is 11.6 Å². The summed E-state index contributed by atoms with van der Waals surface area (Å²) in [6, 6.07) is 9.78. The summed E-state index contributed by atoms with van der Waals surface area (Å²) in [5, 5.41) is 9.21. The van der Waals surface area contributed by atoms with Gasteiger partial charge in [0.1, 0.15) is 23.1 Å². The van der Waals surface area contributed by atoms with Crippen LogP contribution in [0.5, 0.6) is 17.4 Å². The molecule has 2 aromatic heterocycles. The standard InChI is InChI=1S/C24H24ClF3N4O7S/c1-37-10-11-38-19-6-5-16(21(13-19)39-22-20(25)12-17(14-30-22)24(26,27)28)15-32(23(33)34)40(35,36)31-9-7-18-4-2-3-8-29-18/h2-6,8,12-14,31H,7,9-11,15H2,1H3,(H,33,34). The molecule has 0 saturated carbocycles. The maximum Gasteiger partial charge on any atom is 0.422 e. The van der Waals surface area contributed by atoms with Gasteiger partial charge in [0, 0.05) is 49.8 Å². The largest absolute Gasteiger partial charge is 0.491 e. The summed E-state index contributed by atoms with van der Waals surface area (Å²) in [6.07, 6.45) is -4.24. The average Bonchev–Trinajstić information content (AvgIpc) is 2.89. The highest BCUT2D eigenvalue weighted by Gasteiger charge is 2.32. The fourth-order valence-electron chi connectivity index (χ4n) is 3.19. The normalized spacial score (nSPS) is 11.7. The minimum Gasteiger partial charge on any atom is -0.491 e. The van der Waals surface area contributed by atoms with Gasteiger partial charge in [0.25, 0.3) is 0 Å². The fraction of sp³-hybridized carbons (Fsp3) is 0.292. The Morgan fingerprint density at radius 2 is 1.93 bits per heavy atom. The van der Waals surface area contributed by atoms with Crippen molar-refractivity contribution in [2.45, 2.75) is 19.1 Å². The van der Waals surface area contributed by atoms with Crippen LogP contribution in [0, 0.1) is 0 Å². The molecule has 16 heteroatoms. The van der Waals surface area contributed by atoms with E-state index in [0.29, 0.717) is 18.0 Å². The summed E-state index contributed by atoms with van der Waals surface area (Å²) in [5.41, 5.74) is -0.497. The molecule has 0 bridgehead atoms. The van der Waals surface area contributed by atoms with Crippen LogP contribution in [0.25, 0.3) is 0 Å². The quantitative estimate of drug-likeness (QED) is 0.269. The molecule has 0 fully saturated rings. The second kappa shape index (κ2) is 13.6. The number of amides is 1. The topological polar surface area (TPSA) is 140 Å². The second-order valence-electron chi connectivity index (χ2n) is 7.98. The number of carbonyl (C=O) groups is 1. The van der Waals surface area contributed by atoms with Crippen LogP contribution in [0.15, 0.2) is 54.9 Å². The third-order valence-electron chi connectivity index (χ3n) is 5.15. The number of nitrogens with one attached hydrogen (secondary N) is 1. The molecule has 0 atom stereocenters. The Labute approximate surface area is 232 Å². The first kappa shape index (κ1) is 30.9. The molecule has 0 saturated heterocycles. The number of methoxy groups -OCH3 is 1. The van der Waals surface area contributed by atoms with Gasteiger partial charge in [0.05, 0.1) is 18.7 Å². The fourth-order valence-corrected chi connectivity index (χ4v) is 4.43. The number of halogens is 4. The number of aromatic nitrogens is 2. The minimum absolute atomic E-state index is 0.0226. The molecule has 40 heavy (non-hydrogen) atoms. The molecule has 11 nitrogen and oxygen atoms in total. The van der Waals surface area contributed by atoms with Gasteiger partial charge >= 0.3 is 22.5 Å². The van der Waals surface area contributed by atoms with Crippen LogP contribution in [-0.2, 0) is 34.1 Å². The van der Waals surface area contributed by atoms with Crippen molar-refractivity contribution in [2.24, 2.45) is 0 Å². The van der Waals surface area contributed by atoms with E-state index in [1.165, 1.54) is 31.5 Å². The molecule has 0 unspecified atom stereocenters. The maximum atomic E-state index is 13.0. The highest BCUT2D eigenvalue weighted by Crippen LogP contribution is 2.36. The zero-order chi connectivity index (χ0) is 29.3. The number of carboxylic acid groups (broad SMARTS) is 1. The molecule has 2 heterocycles. The third-order valence-corrected chi connectivity index (χ3v) is 6.85. The van der Waals surface area contributed by atoms with E-state index in [0.717, 1.165) is 0 Å². The van der Waals surface area contributed by atoms with Crippen LogP contribution in [0.3, 0.4) is 0 Å². The summed E-state index contributed by atoms with van der Waals surface area (Å²) >= 11 is 5.97. The van der Waals surface area contributed by atoms with E-state index >= 15 is 0 Å². The van der Waals surface area contributed by atoms with Crippen LogP contribution in [0.4, 0.5) is 18.0 Å². The highest BCUT2D eigenvalue weighted by atomic mass is 35.5. The van der Waals surface area contributed by atoms with Gasteiger partial charge in [-0.1, -0.05) is 17.7 Å². The lowest BCUT2D eigenvalue weighted by molar-refractivity contribution is -0.137. The average molecular weight is 605 g/mol. The second-order valence-corrected chi connectivity index (χ2v) is 10.1. The predicted octanol–water partition coefficient (Wildman–Crippen LogP) is 4.52. The van der Waals surface area contributed by atoms with Crippen molar-refractivity contribution in [1.29, 1.82) is 0 Å². The maximum absolute atomic E-state index is 13.0. The molecule has 0 spiro atoms. The lowest BCUT2D eigenvalue weighted by atomic mass is 10.2. The number of rotatable bonds is 13. The first-order chi connectivity index (χ1) is 18.9. The van der Waals surface area contributed by atoms with Gasteiger partial charge in [0.15, 0.2) is 0 Å². The summed E-state index contributed by atoms with van der Waals surface area (Å²) in [6.45, 7) is -0.492. The van der Waals surface area contributed by atoms with Gasteiger partial charge in [-0.3, -0.25) is 4.98 Å². The van der Waals surface area contributed by atoms with E-state index in [1.54, 1.807) is 18.2 Å². The zero-order valence-corrected chi connectivity index (χ0v) is 22.5. The van der Waals surface area contributed by atoms with Crippen molar-refractivity contribution in [1.82, 2.24) is 19.0 Å². The van der Waals surface area contributed by atoms with Crippen molar-refractivity contribution in [3.8, 4) is 17.4 Å². The molecule has 3 rings (SSSR count). The van der Waals surface area contributed by atoms with Crippen LogP contribution in [0.1, 0.15) is 16.8 Å². The molecule has 0 aliphatic rings. The Kier molecular flexibility index (Phi) is 10.5. The Morgan fingerprint density at radius 1 is 1.15 bits per heavy atom. The first-order valence-corrected chi connectivity index (χ1v) is 13.3. The third kappa shape index (κ3) is 8.67. The molecular weight excluding hydrogens is 581 g/mol. The molecular formula is C24H24ClF3N4O7S. The Bertz CT molecular complexity index is 1410. The summed E-state index contributed by atoms with van der Waals surface area (Å²) in [5.74, 6) is -0.362. The van der Waals surface area contributed by atoms with Gasteiger partial charge in [-0.15, -0.1) is 0 Å². The van der Waals surface area contributed by atoms with E-state index in [9.17, 15) is 31.5 Å². The van der Waals surface area contributed by atoms with Gasteiger partial charge in [-0.25, -0.2) is 9.78 Å². The van der Waals surface area contributed by atoms with Gasteiger partial charge < -0.3 is 19.3 Å².